The third kappa shape index (κ3) is 3.46. The molecular weight excluding hydrogens is 302 g/mol. The fraction of sp³-hybridized carbons (Fsp3) is 0.467. The molecule has 1 aromatic carbocycles. The molecule has 7 heteroatoms. The molecule has 0 saturated carbocycles. The smallest absolute Gasteiger partial charge is 0.243 e. The standard InChI is InChI=1S/C15H19N3O3S/c1-2-3-15(19)17-8-10-18(11-9-17)22(20,21)14-6-4-13(12-16)5-7-14/h4-7H,2-3,8-11H2,1H3. The quantitative estimate of drug-likeness (QED) is 0.834. The molecule has 1 aliphatic heterocycles. The van der Waals surface area contributed by atoms with E-state index in [-0.39, 0.29) is 10.8 Å². The molecule has 0 radical (unpaired) electrons. The van der Waals surface area contributed by atoms with E-state index in [4.69, 9.17) is 5.26 Å². The number of nitrogens with zero attached hydrogens (tertiary/aromatic N) is 3. The number of benzene rings is 1. The van der Waals surface area contributed by atoms with E-state index in [1.54, 1.807) is 4.90 Å². The van der Waals surface area contributed by atoms with Crippen LogP contribution in [0.5, 0.6) is 0 Å². The van der Waals surface area contributed by atoms with Gasteiger partial charge in [-0.05, 0) is 30.7 Å². The summed E-state index contributed by atoms with van der Waals surface area (Å²) in [5.74, 6) is 0.0814. The van der Waals surface area contributed by atoms with E-state index in [0.717, 1.165) is 6.42 Å². The summed E-state index contributed by atoms with van der Waals surface area (Å²) >= 11 is 0. The fourth-order valence-electron chi connectivity index (χ4n) is 2.40. The van der Waals surface area contributed by atoms with Crippen LogP contribution in [0.4, 0.5) is 0 Å². The maximum Gasteiger partial charge on any atom is 0.243 e. The van der Waals surface area contributed by atoms with Crippen molar-refractivity contribution < 1.29 is 13.2 Å². The predicted octanol–water partition coefficient (Wildman–Crippen LogP) is 1.19. The van der Waals surface area contributed by atoms with Crippen LogP contribution in [0.25, 0.3) is 0 Å². The molecule has 1 fully saturated rings. The molecule has 1 amide bonds. The highest BCUT2D eigenvalue weighted by molar-refractivity contribution is 7.89. The predicted molar refractivity (Wildman–Crippen MR) is 81.4 cm³/mol. The van der Waals surface area contributed by atoms with Crippen molar-refractivity contribution in [3.05, 3.63) is 29.8 Å². The van der Waals surface area contributed by atoms with Crippen molar-refractivity contribution in [2.75, 3.05) is 26.2 Å². The Bertz CT molecular complexity index is 669. The van der Waals surface area contributed by atoms with Gasteiger partial charge in [0, 0.05) is 32.6 Å². The summed E-state index contributed by atoms with van der Waals surface area (Å²) in [6.07, 6.45) is 1.30. The summed E-state index contributed by atoms with van der Waals surface area (Å²) in [4.78, 5) is 13.7. The molecule has 0 spiro atoms. The first-order valence-corrected chi connectivity index (χ1v) is 8.71. The van der Waals surface area contributed by atoms with Gasteiger partial charge in [-0.15, -0.1) is 0 Å². The highest BCUT2D eigenvalue weighted by Gasteiger charge is 2.29. The van der Waals surface area contributed by atoms with Gasteiger partial charge < -0.3 is 4.90 Å². The van der Waals surface area contributed by atoms with Gasteiger partial charge in [-0.1, -0.05) is 6.92 Å². The average Bonchev–Trinajstić information content (AvgIpc) is 2.55. The van der Waals surface area contributed by atoms with Crippen molar-refractivity contribution in [3.63, 3.8) is 0 Å². The average molecular weight is 321 g/mol. The van der Waals surface area contributed by atoms with E-state index in [1.807, 2.05) is 13.0 Å². The lowest BCUT2D eigenvalue weighted by atomic mass is 10.2. The Morgan fingerprint density at radius 1 is 1.18 bits per heavy atom. The normalized spacial score (nSPS) is 16.3. The lowest BCUT2D eigenvalue weighted by Gasteiger charge is -2.34. The van der Waals surface area contributed by atoms with Gasteiger partial charge in [0.05, 0.1) is 16.5 Å². The zero-order chi connectivity index (χ0) is 16.2. The maximum atomic E-state index is 12.5. The lowest BCUT2D eigenvalue weighted by Crippen LogP contribution is -2.50. The molecule has 1 heterocycles. The third-order valence-corrected chi connectivity index (χ3v) is 5.59. The van der Waals surface area contributed by atoms with Crippen LogP contribution < -0.4 is 0 Å². The van der Waals surface area contributed by atoms with Gasteiger partial charge in [0.1, 0.15) is 0 Å². The van der Waals surface area contributed by atoms with Crippen LogP contribution in [0.1, 0.15) is 25.3 Å². The number of carbonyl (C=O) groups excluding carboxylic acids is 1. The van der Waals surface area contributed by atoms with E-state index in [9.17, 15) is 13.2 Å². The molecule has 118 valence electrons. The third-order valence-electron chi connectivity index (χ3n) is 3.68. The Morgan fingerprint density at radius 3 is 2.27 bits per heavy atom. The fourth-order valence-corrected chi connectivity index (χ4v) is 3.82. The summed E-state index contributed by atoms with van der Waals surface area (Å²) in [6, 6.07) is 7.84. The lowest BCUT2D eigenvalue weighted by molar-refractivity contribution is -0.132. The minimum Gasteiger partial charge on any atom is -0.340 e. The first-order chi connectivity index (χ1) is 10.5. The maximum absolute atomic E-state index is 12.5. The summed E-state index contributed by atoms with van der Waals surface area (Å²) in [5.41, 5.74) is 0.425. The Morgan fingerprint density at radius 2 is 1.77 bits per heavy atom. The van der Waals surface area contributed by atoms with Crippen molar-refractivity contribution in [1.29, 1.82) is 5.26 Å². The molecule has 0 atom stereocenters. The molecule has 2 rings (SSSR count). The highest BCUT2D eigenvalue weighted by Crippen LogP contribution is 2.18. The highest BCUT2D eigenvalue weighted by atomic mass is 32.2. The number of hydrogen-bond donors (Lipinski definition) is 0. The van der Waals surface area contributed by atoms with Gasteiger partial charge >= 0.3 is 0 Å². The van der Waals surface area contributed by atoms with Gasteiger partial charge in [0.25, 0.3) is 0 Å². The number of carbonyl (C=O) groups is 1. The van der Waals surface area contributed by atoms with Crippen molar-refractivity contribution in [2.24, 2.45) is 0 Å². The van der Waals surface area contributed by atoms with Crippen LogP contribution in [0.3, 0.4) is 0 Å². The van der Waals surface area contributed by atoms with Crippen LogP contribution >= 0.6 is 0 Å². The zero-order valence-electron chi connectivity index (χ0n) is 12.5. The van der Waals surface area contributed by atoms with Crippen molar-refractivity contribution in [2.45, 2.75) is 24.7 Å². The number of nitriles is 1. The second-order valence-electron chi connectivity index (χ2n) is 5.17. The van der Waals surface area contributed by atoms with Gasteiger partial charge in [-0.25, -0.2) is 8.42 Å². The number of amides is 1. The minimum atomic E-state index is -3.56. The monoisotopic (exact) mass is 321 g/mol. The second-order valence-corrected chi connectivity index (χ2v) is 7.11. The molecule has 22 heavy (non-hydrogen) atoms. The van der Waals surface area contributed by atoms with Crippen LogP contribution in [0.2, 0.25) is 0 Å². The van der Waals surface area contributed by atoms with Gasteiger partial charge in [0.2, 0.25) is 15.9 Å². The van der Waals surface area contributed by atoms with E-state index < -0.39 is 10.0 Å². The van der Waals surface area contributed by atoms with Crippen LogP contribution in [-0.4, -0.2) is 49.7 Å². The summed E-state index contributed by atoms with van der Waals surface area (Å²) < 4.78 is 26.5. The van der Waals surface area contributed by atoms with Gasteiger partial charge in [0.15, 0.2) is 0 Å². The Labute approximate surface area is 131 Å². The SMILES string of the molecule is CCCC(=O)N1CCN(S(=O)(=O)c2ccc(C#N)cc2)CC1. The first-order valence-electron chi connectivity index (χ1n) is 7.27. The molecule has 0 aliphatic carbocycles. The van der Waals surface area contributed by atoms with Crippen LogP contribution in [0, 0.1) is 11.3 Å². The largest absolute Gasteiger partial charge is 0.340 e. The van der Waals surface area contributed by atoms with Gasteiger partial charge in [-0.2, -0.15) is 9.57 Å². The van der Waals surface area contributed by atoms with Crippen LogP contribution in [-0.2, 0) is 14.8 Å². The summed E-state index contributed by atoms with van der Waals surface area (Å²) in [5, 5.41) is 8.76. The minimum absolute atomic E-state index is 0.0814. The van der Waals surface area contributed by atoms with Gasteiger partial charge in [-0.3, -0.25) is 4.79 Å². The first kappa shape index (κ1) is 16.5. The van der Waals surface area contributed by atoms with E-state index in [1.165, 1.54) is 28.6 Å². The molecule has 1 saturated heterocycles. The molecular formula is C15H19N3O3S. The molecule has 1 aromatic rings. The van der Waals surface area contributed by atoms with E-state index in [0.29, 0.717) is 38.2 Å². The molecule has 0 N–H and O–H groups in total. The van der Waals surface area contributed by atoms with Crippen molar-refractivity contribution >= 4 is 15.9 Å². The second kappa shape index (κ2) is 6.90. The zero-order valence-corrected chi connectivity index (χ0v) is 13.3. The topological polar surface area (TPSA) is 81.5 Å². The van der Waals surface area contributed by atoms with Crippen molar-refractivity contribution in [3.8, 4) is 6.07 Å². The number of sulfonamides is 1. The van der Waals surface area contributed by atoms with Crippen molar-refractivity contribution in [1.82, 2.24) is 9.21 Å². The number of hydrogen-bond acceptors (Lipinski definition) is 4. The Hall–Kier alpha value is -1.91. The molecule has 0 aromatic heterocycles. The van der Waals surface area contributed by atoms with E-state index >= 15 is 0 Å². The number of rotatable bonds is 4. The summed E-state index contributed by atoms with van der Waals surface area (Å²) in [6.45, 7) is 3.40. The Balaban J connectivity index is 2.06. The summed E-state index contributed by atoms with van der Waals surface area (Å²) in [7, 11) is -3.56. The molecule has 1 aliphatic rings. The molecule has 0 unspecified atom stereocenters. The Kier molecular flexibility index (Phi) is 5.16. The molecule has 6 nitrogen and oxygen atoms in total. The number of piperazine rings is 1. The van der Waals surface area contributed by atoms with E-state index in [2.05, 4.69) is 0 Å². The molecule has 0 bridgehead atoms. The van der Waals surface area contributed by atoms with Crippen LogP contribution in [0.15, 0.2) is 29.2 Å².